The lowest BCUT2D eigenvalue weighted by Crippen LogP contribution is -2.18. The average Bonchev–Trinajstić information content (AvgIpc) is 2.53. The highest BCUT2D eigenvalue weighted by Crippen LogP contribution is 2.32. The molecule has 0 radical (unpaired) electrons. The van der Waals surface area contributed by atoms with Crippen molar-refractivity contribution in [3.05, 3.63) is 34.4 Å². The first-order chi connectivity index (χ1) is 11.4. The van der Waals surface area contributed by atoms with E-state index in [-0.39, 0.29) is 5.91 Å². The second kappa shape index (κ2) is 8.69. The van der Waals surface area contributed by atoms with E-state index in [2.05, 4.69) is 39.8 Å². The predicted molar refractivity (Wildman–Crippen MR) is 102 cm³/mol. The summed E-state index contributed by atoms with van der Waals surface area (Å²) in [5, 5.41) is 0. The van der Waals surface area contributed by atoms with Crippen LogP contribution in [-0.4, -0.2) is 5.91 Å². The van der Waals surface area contributed by atoms with Crippen molar-refractivity contribution in [3.63, 3.8) is 0 Å². The van der Waals surface area contributed by atoms with Crippen LogP contribution in [0.2, 0.25) is 0 Å². The van der Waals surface area contributed by atoms with Gasteiger partial charge >= 0.3 is 0 Å². The summed E-state index contributed by atoms with van der Waals surface area (Å²) >= 11 is 0. The van der Waals surface area contributed by atoms with E-state index in [0.29, 0.717) is 18.3 Å². The zero-order valence-corrected chi connectivity index (χ0v) is 16.0. The Bertz CT molecular complexity index is 524. The quantitative estimate of drug-likeness (QED) is 0.707. The fraction of sp³-hybridized carbons (Fsp3) is 0.682. The molecular weight excluding hydrogens is 294 g/mol. The van der Waals surface area contributed by atoms with Crippen LogP contribution < -0.4 is 5.73 Å². The maximum atomic E-state index is 11.6. The van der Waals surface area contributed by atoms with Crippen molar-refractivity contribution in [2.75, 3.05) is 0 Å². The Morgan fingerprint density at radius 1 is 1.04 bits per heavy atom. The van der Waals surface area contributed by atoms with Gasteiger partial charge in [0.25, 0.3) is 0 Å². The highest BCUT2D eigenvalue weighted by molar-refractivity contribution is 5.77. The van der Waals surface area contributed by atoms with E-state index >= 15 is 0 Å². The fourth-order valence-electron chi connectivity index (χ4n) is 4.18. The second-order valence-corrected chi connectivity index (χ2v) is 8.25. The molecule has 0 aliphatic heterocycles. The lowest BCUT2D eigenvalue weighted by Gasteiger charge is -2.23. The number of aryl methyl sites for hydroxylation is 1. The normalized spacial score (nSPS) is 16.1. The summed E-state index contributed by atoms with van der Waals surface area (Å²) in [4.78, 5) is 11.6. The number of carbonyl (C=O) groups excluding carboxylic acids is 1. The van der Waals surface area contributed by atoms with Gasteiger partial charge in [0.05, 0.1) is 6.42 Å². The molecule has 1 aromatic carbocycles. The number of rotatable bonds is 7. The molecule has 1 aliphatic rings. The van der Waals surface area contributed by atoms with Crippen molar-refractivity contribution >= 4 is 5.91 Å². The molecule has 1 aliphatic carbocycles. The number of nitrogens with two attached hydrogens (primary N) is 1. The smallest absolute Gasteiger partial charge is 0.221 e. The first kappa shape index (κ1) is 19.0. The highest BCUT2D eigenvalue weighted by Gasteiger charge is 2.18. The molecule has 0 bridgehead atoms. The number of benzene rings is 1. The molecule has 134 valence electrons. The largest absolute Gasteiger partial charge is 0.369 e. The molecule has 1 saturated carbocycles. The van der Waals surface area contributed by atoms with Gasteiger partial charge in [0, 0.05) is 0 Å². The summed E-state index contributed by atoms with van der Waals surface area (Å²) in [6.07, 6.45) is 9.91. The molecule has 2 rings (SSSR count). The number of hydrogen-bond acceptors (Lipinski definition) is 1. The minimum atomic E-state index is -0.228. The van der Waals surface area contributed by atoms with E-state index in [1.807, 2.05) is 0 Å². The zero-order valence-electron chi connectivity index (χ0n) is 16.0. The van der Waals surface area contributed by atoms with Crippen molar-refractivity contribution in [2.24, 2.45) is 11.7 Å². The van der Waals surface area contributed by atoms with Gasteiger partial charge in [-0.2, -0.15) is 0 Å². The summed E-state index contributed by atoms with van der Waals surface area (Å²) < 4.78 is 0. The van der Waals surface area contributed by atoms with Gasteiger partial charge in [-0.1, -0.05) is 71.9 Å². The molecule has 2 nitrogen and oxygen atoms in total. The zero-order chi connectivity index (χ0) is 17.7. The maximum Gasteiger partial charge on any atom is 0.221 e. The summed E-state index contributed by atoms with van der Waals surface area (Å²) in [7, 11) is 0. The molecule has 1 aromatic rings. The van der Waals surface area contributed by atoms with Crippen LogP contribution in [0.25, 0.3) is 0 Å². The fourth-order valence-corrected chi connectivity index (χ4v) is 4.18. The van der Waals surface area contributed by atoms with Gasteiger partial charge in [-0.05, 0) is 52.8 Å². The topological polar surface area (TPSA) is 43.1 Å². The molecular formula is C22H35NO. The monoisotopic (exact) mass is 329 g/mol. The maximum absolute atomic E-state index is 11.6. The number of amides is 1. The molecule has 0 spiro atoms. The predicted octanol–water partition coefficient (Wildman–Crippen LogP) is 5.47. The van der Waals surface area contributed by atoms with Gasteiger partial charge in [-0.15, -0.1) is 0 Å². The van der Waals surface area contributed by atoms with E-state index in [0.717, 1.165) is 5.92 Å². The first-order valence-corrected chi connectivity index (χ1v) is 9.82. The van der Waals surface area contributed by atoms with E-state index in [4.69, 9.17) is 5.73 Å². The Hall–Kier alpha value is -1.31. The van der Waals surface area contributed by atoms with E-state index in [1.165, 1.54) is 67.2 Å². The lowest BCUT2D eigenvalue weighted by molar-refractivity contribution is -0.117. The molecule has 2 heteroatoms. The summed E-state index contributed by atoms with van der Waals surface area (Å²) in [6, 6.07) is 4.69. The molecule has 1 amide bonds. The van der Waals surface area contributed by atoms with Gasteiger partial charge in [-0.3, -0.25) is 4.79 Å². The molecule has 1 fully saturated rings. The number of primary amides is 1. The van der Waals surface area contributed by atoms with Crippen LogP contribution in [0.3, 0.4) is 0 Å². The van der Waals surface area contributed by atoms with Crippen LogP contribution in [0.15, 0.2) is 12.1 Å². The van der Waals surface area contributed by atoms with Crippen molar-refractivity contribution < 1.29 is 4.79 Å². The summed E-state index contributed by atoms with van der Waals surface area (Å²) in [5.41, 5.74) is 10.8. The van der Waals surface area contributed by atoms with Gasteiger partial charge in [-0.25, -0.2) is 0 Å². The Morgan fingerprint density at radius 3 is 2.04 bits per heavy atom. The minimum absolute atomic E-state index is 0.228. The van der Waals surface area contributed by atoms with Crippen LogP contribution in [0, 0.1) is 5.92 Å². The lowest BCUT2D eigenvalue weighted by atomic mass is 9.82. The van der Waals surface area contributed by atoms with Crippen LogP contribution in [-0.2, 0) is 17.6 Å². The molecule has 2 N–H and O–H groups in total. The first-order valence-electron chi connectivity index (χ1n) is 9.82. The van der Waals surface area contributed by atoms with Crippen LogP contribution in [0.5, 0.6) is 0 Å². The highest BCUT2D eigenvalue weighted by atomic mass is 16.1. The van der Waals surface area contributed by atoms with E-state index in [1.54, 1.807) is 0 Å². The SMILES string of the molecule is CC(C)c1cc(CCC2CCCCC2)cc(C(C)C)c1CC(N)=O. The molecule has 0 heterocycles. The Labute approximate surface area is 148 Å². The second-order valence-electron chi connectivity index (χ2n) is 8.25. The summed E-state index contributed by atoms with van der Waals surface area (Å²) in [6.45, 7) is 8.87. The number of carbonyl (C=O) groups is 1. The van der Waals surface area contributed by atoms with Crippen molar-refractivity contribution in [1.82, 2.24) is 0 Å². The Morgan fingerprint density at radius 2 is 1.58 bits per heavy atom. The van der Waals surface area contributed by atoms with Crippen molar-refractivity contribution in [2.45, 2.75) is 90.9 Å². The standard InChI is InChI=1S/C22H35NO/c1-15(2)19-12-18(11-10-17-8-6-5-7-9-17)13-20(16(3)4)21(19)14-22(23)24/h12-13,15-17H,5-11,14H2,1-4H3,(H2,23,24). The van der Waals surface area contributed by atoms with Crippen LogP contribution in [0.1, 0.15) is 100 Å². The molecule has 0 unspecified atom stereocenters. The van der Waals surface area contributed by atoms with Gasteiger partial charge < -0.3 is 5.73 Å². The van der Waals surface area contributed by atoms with E-state index < -0.39 is 0 Å². The number of hydrogen-bond donors (Lipinski definition) is 1. The molecule has 24 heavy (non-hydrogen) atoms. The Kier molecular flexibility index (Phi) is 6.89. The van der Waals surface area contributed by atoms with Crippen molar-refractivity contribution in [1.29, 1.82) is 0 Å². The Balaban J connectivity index is 2.26. The summed E-state index contributed by atoms with van der Waals surface area (Å²) in [5.74, 6) is 1.53. The third-order valence-electron chi connectivity index (χ3n) is 5.54. The van der Waals surface area contributed by atoms with Crippen molar-refractivity contribution in [3.8, 4) is 0 Å². The average molecular weight is 330 g/mol. The third kappa shape index (κ3) is 5.09. The minimum Gasteiger partial charge on any atom is -0.369 e. The van der Waals surface area contributed by atoms with Gasteiger partial charge in [0.15, 0.2) is 0 Å². The molecule has 0 aromatic heterocycles. The molecule has 0 atom stereocenters. The van der Waals surface area contributed by atoms with E-state index in [9.17, 15) is 4.79 Å². The third-order valence-corrected chi connectivity index (χ3v) is 5.54. The molecule has 0 saturated heterocycles. The van der Waals surface area contributed by atoms with Gasteiger partial charge in [0.2, 0.25) is 5.91 Å². The van der Waals surface area contributed by atoms with Crippen LogP contribution >= 0.6 is 0 Å². The van der Waals surface area contributed by atoms with Gasteiger partial charge in [0.1, 0.15) is 0 Å². The van der Waals surface area contributed by atoms with Crippen LogP contribution in [0.4, 0.5) is 0 Å².